The number of benzene rings is 2. The number of furan rings is 1. The molecule has 5 nitrogen and oxygen atoms in total. The van der Waals surface area contributed by atoms with E-state index in [4.69, 9.17) is 13.9 Å². The van der Waals surface area contributed by atoms with Gasteiger partial charge in [0.1, 0.15) is 12.4 Å². The summed E-state index contributed by atoms with van der Waals surface area (Å²) in [5.41, 5.74) is 1.74. The van der Waals surface area contributed by atoms with Crippen molar-refractivity contribution in [3.63, 3.8) is 0 Å². The van der Waals surface area contributed by atoms with Gasteiger partial charge < -0.3 is 19.2 Å². The van der Waals surface area contributed by atoms with Gasteiger partial charge in [-0.3, -0.25) is 4.79 Å². The third kappa shape index (κ3) is 4.43. The normalized spacial score (nSPS) is 12.1. The highest BCUT2D eigenvalue weighted by Gasteiger charge is 2.16. The van der Waals surface area contributed by atoms with Gasteiger partial charge in [0.25, 0.3) is 0 Å². The van der Waals surface area contributed by atoms with Crippen molar-refractivity contribution < 1.29 is 18.7 Å². The smallest absolute Gasteiger partial charge is 0.246 e. The van der Waals surface area contributed by atoms with Crippen LogP contribution in [0.1, 0.15) is 31.2 Å². The summed E-state index contributed by atoms with van der Waals surface area (Å²) in [6, 6.07) is 17.2. The summed E-state index contributed by atoms with van der Waals surface area (Å²) in [6.45, 7) is 4.79. The number of fused-ring (bicyclic) bond motifs is 1. The van der Waals surface area contributed by atoms with Crippen LogP contribution in [-0.4, -0.2) is 19.1 Å². The van der Waals surface area contributed by atoms with E-state index in [2.05, 4.69) is 5.32 Å². The van der Waals surface area contributed by atoms with Gasteiger partial charge in [-0.25, -0.2) is 0 Å². The van der Waals surface area contributed by atoms with Crippen molar-refractivity contribution in [1.82, 2.24) is 5.32 Å². The largest absolute Gasteiger partial charge is 0.490 e. The van der Waals surface area contributed by atoms with Crippen LogP contribution in [0.15, 0.2) is 59.0 Å². The molecule has 0 fully saturated rings. The SMILES string of the molecule is CCOc1cccc2cc(C(C)NC(=O)COCc3ccccc3)oc12. The fourth-order valence-electron chi connectivity index (χ4n) is 2.73. The quantitative estimate of drug-likeness (QED) is 0.658. The minimum Gasteiger partial charge on any atom is -0.490 e. The number of carbonyl (C=O) groups is 1. The Bertz CT molecular complexity index is 857. The minimum absolute atomic E-state index is 0.00363. The van der Waals surface area contributed by atoms with Gasteiger partial charge >= 0.3 is 0 Å². The number of amides is 1. The molecular weight excluding hydrogens is 330 g/mol. The average Bonchev–Trinajstić information content (AvgIpc) is 3.08. The molecule has 0 saturated heterocycles. The van der Waals surface area contributed by atoms with E-state index in [0.29, 0.717) is 30.3 Å². The molecule has 3 aromatic rings. The molecule has 0 spiro atoms. The third-order valence-corrected chi connectivity index (χ3v) is 3.98. The molecule has 3 rings (SSSR count). The Morgan fingerprint density at radius 3 is 2.73 bits per heavy atom. The maximum atomic E-state index is 12.1. The Morgan fingerprint density at radius 1 is 1.15 bits per heavy atom. The second kappa shape index (κ2) is 8.54. The molecule has 2 aromatic carbocycles. The van der Waals surface area contributed by atoms with Crippen LogP contribution in [0.2, 0.25) is 0 Å². The molecule has 136 valence electrons. The molecular formula is C21H23NO4. The summed E-state index contributed by atoms with van der Waals surface area (Å²) >= 11 is 0. The molecule has 5 heteroatoms. The van der Waals surface area contributed by atoms with E-state index in [1.54, 1.807) is 0 Å². The highest BCUT2D eigenvalue weighted by molar-refractivity contribution is 5.84. The standard InChI is InChI=1S/C21H23NO4/c1-3-25-18-11-7-10-17-12-19(26-21(17)18)15(2)22-20(23)14-24-13-16-8-5-4-6-9-16/h4-12,15H,3,13-14H2,1-2H3,(H,22,23). The molecule has 1 unspecified atom stereocenters. The Labute approximate surface area is 152 Å². The molecule has 0 aliphatic rings. The maximum Gasteiger partial charge on any atom is 0.246 e. The summed E-state index contributed by atoms with van der Waals surface area (Å²) in [7, 11) is 0. The van der Waals surface area contributed by atoms with Crippen molar-refractivity contribution in [2.45, 2.75) is 26.5 Å². The van der Waals surface area contributed by atoms with E-state index in [9.17, 15) is 4.79 Å². The first-order chi connectivity index (χ1) is 12.7. The van der Waals surface area contributed by atoms with Crippen molar-refractivity contribution in [3.05, 3.63) is 65.9 Å². The van der Waals surface area contributed by atoms with Crippen LogP contribution >= 0.6 is 0 Å². The molecule has 1 amide bonds. The van der Waals surface area contributed by atoms with Crippen LogP contribution in [0.4, 0.5) is 0 Å². The molecule has 1 atom stereocenters. The van der Waals surface area contributed by atoms with Crippen LogP contribution in [0.25, 0.3) is 11.0 Å². The molecule has 0 aliphatic heterocycles. The number of carbonyl (C=O) groups excluding carboxylic acids is 1. The number of rotatable bonds is 8. The first kappa shape index (κ1) is 18.0. The van der Waals surface area contributed by atoms with Crippen molar-refractivity contribution in [2.24, 2.45) is 0 Å². The Balaban J connectivity index is 1.57. The second-order valence-electron chi connectivity index (χ2n) is 6.02. The molecule has 0 bridgehead atoms. The summed E-state index contributed by atoms with van der Waals surface area (Å²) < 4.78 is 17.0. The molecule has 0 saturated carbocycles. The maximum absolute atomic E-state index is 12.1. The van der Waals surface area contributed by atoms with Crippen molar-refractivity contribution in [3.8, 4) is 5.75 Å². The lowest BCUT2D eigenvalue weighted by molar-refractivity contribution is -0.126. The molecule has 0 aliphatic carbocycles. The lowest BCUT2D eigenvalue weighted by Gasteiger charge is -2.11. The number of hydrogen-bond acceptors (Lipinski definition) is 4. The second-order valence-corrected chi connectivity index (χ2v) is 6.02. The van der Waals surface area contributed by atoms with E-state index >= 15 is 0 Å². The molecule has 1 N–H and O–H groups in total. The highest BCUT2D eigenvalue weighted by Crippen LogP contribution is 2.31. The van der Waals surface area contributed by atoms with Crippen LogP contribution < -0.4 is 10.1 Å². The first-order valence-electron chi connectivity index (χ1n) is 8.73. The Hall–Kier alpha value is -2.79. The van der Waals surface area contributed by atoms with E-state index in [1.807, 2.05) is 68.4 Å². The summed E-state index contributed by atoms with van der Waals surface area (Å²) in [5.74, 6) is 1.21. The van der Waals surface area contributed by atoms with Crippen molar-refractivity contribution >= 4 is 16.9 Å². The Morgan fingerprint density at radius 2 is 1.96 bits per heavy atom. The first-order valence-corrected chi connectivity index (χ1v) is 8.73. The number of nitrogens with one attached hydrogen (secondary N) is 1. The van der Waals surface area contributed by atoms with E-state index in [1.165, 1.54) is 0 Å². The van der Waals surface area contributed by atoms with Gasteiger partial charge in [0.2, 0.25) is 5.91 Å². The van der Waals surface area contributed by atoms with Gasteiger partial charge in [-0.2, -0.15) is 0 Å². The fraction of sp³-hybridized carbons (Fsp3) is 0.286. The number of ether oxygens (including phenoxy) is 2. The molecule has 0 radical (unpaired) electrons. The minimum atomic E-state index is -0.260. The lowest BCUT2D eigenvalue weighted by Crippen LogP contribution is -2.29. The monoisotopic (exact) mass is 353 g/mol. The van der Waals surface area contributed by atoms with E-state index in [0.717, 1.165) is 10.9 Å². The number of hydrogen-bond donors (Lipinski definition) is 1. The van der Waals surface area contributed by atoms with E-state index in [-0.39, 0.29) is 18.6 Å². The van der Waals surface area contributed by atoms with Gasteiger partial charge in [-0.05, 0) is 31.5 Å². The zero-order chi connectivity index (χ0) is 18.4. The van der Waals surface area contributed by atoms with Crippen molar-refractivity contribution in [2.75, 3.05) is 13.2 Å². The van der Waals surface area contributed by atoms with Crippen LogP contribution in [-0.2, 0) is 16.1 Å². The molecule has 1 heterocycles. The van der Waals surface area contributed by atoms with Gasteiger partial charge in [-0.1, -0.05) is 42.5 Å². The van der Waals surface area contributed by atoms with Gasteiger partial charge in [0.05, 0.1) is 19.3 Å². The summed E-state index contributed by atoms with van der Waals surface area (Å²) in [4.78, 5) is 12.1. The molecule has 26 heavy (non-hydrogen) atoms. The van der Waals surface area contributed by atoms with E-state index < -0.39 is 0 Å². The zero-order valence-electron chi connectivity index (χ0n) is 15.0. The lowest BCUT2D eigenvalue weighted by atomic mass is 10.2. The highest BCUT2D eigenvalue weighted by atomic mass is 16.5. The topological polar surface area (TPSA) is 60.7 Å². The fourth-order valence-corrected chi connectivity index (χ4v) is 2.73. The van der Waals surface area contributed by atoms with Crippen LogP contribution in [0.5, 0.6) is 5.75 Å². The van der Waals surface area contributed by atoms with Crippen LogP contribution in [0, 0.1) is 0 Å². The summed E-state index contributed by atoms with van der Waals surface area (Å²) in [5, 5.41) is 3.85. The van der Waals surface area contributed by atoms with Gasteiger partial charge in [-0.15, -0.1) is 0 Å². The zero-order valence-corrected chi connectivity index (χ0v) is 15.0. The predicted octanol–water partition coefficient (Wildman–Crippen LogP) is 4.23. The van der Waals surface area contributed by atoms with Gasteiger partial charge in [0.15, 0.2) is 11.3 Å². The third-order valence-electron chi connectivity index (χ3n) is 3.98. The van der Waals surface area contributed by atoms with Crippen LogP contribution in [0.3, 0.4) is 0 Å². The summed E-state index contributed by atoms with van der Waals surface area (Å²) in [6.07, 6.45) is 0. The van der Waals surface area contributed by atoms with Crippen molar-refractivity contribution in [1.29, 1.82) is 0 Å². The molecule has 1 aromatic heterocycles. The van der Waals surface area contributed by atoms with Gasteiger partial charge in [0, 0.05) is 5.39 Å². The Kier molecular flexibility index (Phi) is 5.92. The predicted molar refractivity (Wildman–Crippen MR) is 100 cm³/mol. The average molecular weight is 353 g/mol. The number of para-hydroxylation sites is 1.